The molecule has 3 aromatic rings. The van der Waals surface area contributed by atoms with E-state index >= 15 is 0 Å². The van der Waals surface area contributed by atoms with E-state index in [-0.39, 0.29) is 0 Å². The van der Waals surface area contributed by atoms with Crippen molar-refractivity contribution in [3.05, 3.63) is 89.2 Å². The first-order valence-electron chi connectivity index (χ1n) is 13.9. The molecule has 7 heteroatoms. The van der Waals surface area contributed by atoms with Gasteiger partial charge in [-0.25, -0.2) is 0 Å². The van der Waals surface area contributed by atoms with Gasteiger partial charge in [-0.15, -0.1) is 0 Å². The monoisotopic (exact) mass is 527 g/mol. The molecule has 1 saturated heterocycles. The summed E-state index contributed by atoms with van der Waals surface area (Å²) in [5, 5.41) is 4.39. The Morgan fingerprint density at radius 1 is 1.03 bits per heavy atom. The lowest BCUT2D eigenvalue weighted by Gasteiger charge is -2.40. The van der Waals surface area contributed by atoms with Gasteiger partial charge in [0.2, 0.25) is 0 Å². The minimum absolute atomic E-state index is 0.411. The molecule has 198 valence electrons. The maximum atomic E-state index is 5.93. The molecule has 3 heterocycles. The molecule has 0 bridgehead atoms. The second-order valence-electron chi connectivity index (χ2n) is 10.7. The topological polar surface area (TPSA) is 43.9 Å². The van der Waals surface area contributed by atoms with Gasteiger partial charge < -0.3 is 19.9 Å². The standard InChI is InChI=1S/C31H37N5OS/c1-34(29-14-5-8-23-10-7-15-32-30(23)29)22-25-20-27-24(21-33-25)9-6-13-28(27)35-16-18-36(19-17-35)31(38)37-26-11-3-2-4-12-26/h2-4,6-7,9-13,15,25,29,33H,5,8,14,16-22H2,1H3/t25-,29+/m1/s1. The minimum Gasteiger partial charge on any atom is -0.432 e. The first-order valence-corrected chi connectivity index (χ1v) is 14.3. The molecule has 1 N–H and O–H groups in total. The van der Waals surface area contributed by atoms with E-state index in [2.05, 4.69) is 57.4 Å². The molecule has 6 nitrogen and oxygen atoms in total. The van der Waals surface area contributed by atoms with Crippen molar-refractivity contribution in [3.8, 4) is 5.75 Å². The van der Waals surface area contributed by atoms with Crippen molar-refractivity contribution in [1.29, 1.82) is 0 Å². The molecule has 0 radical (unpaired) electrons. The average molecular weight is 528 g/mol. The first-order chi connectivity index (χ1) is 18.7. The molecule has 2 aliphatic heterocycles. The molecule has 0 spiro atoms. The molecule has 2 atom stereocenters. The number of anilines is 1. The fourth-order valence-electron chi connectivity index (χ4n) is 6.29. The summed E-state index contributed by atoms with van der Waals surface area (Å²) in [5.41, 5.74) is 7.02. The number of aryl methyl sites for hydroxylation is 1. The van der Waals surface area contributed by atoms with Gasteiger partial charge >= 0.3 is 0 Å². The molecule has 0 unspecified atom stereocenters. The number of ether oxygens (including phenoxy) is 1. The van der Waals surface area contributed by atoms with Crippen LogP contribution in [0.4, 0.5) is 5.69 Å². The number of hydrogen-bond acceptors (Lipinski definition) is 6. The number of fused-ring (bicyclic) bond motifs is 2. The zero-order valence-corrected chi connectivity index (χ0v) is 23.0. The van der Waals surface area contributed by atoms with Gasteiger partial charge in [-0.2, -0.15) is 0 Å². The van der Waals surface area contributed by atoms with Gasteiger partial charge in [0.1, 0.15) is 5.75 Å². The summed E-state index contributed by atoms with van der Waals surface area (Å²) in [4.78, 5) is 12.0. The van der Waals surface area contributed by atoms with E-state index in [1.807, 2.05) is 36.5 Å². The van der Waals surface area contributed by atoms with Gasteiger partial charge in [-0.05, 0) is 85.9 Å². The van der Waals surface area contributed by atoms with Crippen molar-refractivity contribution in [2.24, 2.45) is 0 Å². The van der Waals surface area contributed by atoms with Gasteiger partial charge in [0.25, 0.3) is 5.17 Å². The number of thiocarbonyl (C=S) groups is 1. The Hall–Kier alpha value is -3.00. The average Bonchev–Trinajstić information content (AvgIpc) is 2.97. The number of hydrogen-bond donors (Lipinski definition) is 1. The molecule has 3 aliphatic rings. The summed E-state index contributed by atoms with van der Waals surface area (Å²) in [7, 11) is 2.27. The Morgan fingerprint density at radius 2 is 1.84 bits per heavy atom. The summed E-state index contributed by atoms with van der Waals surface area (Å²) in [6.07, 6.45) is 6.59. The van der Waals surface area contributed by atoms with E-state index in [0.29, 0.717) is 17.3 Å². The summed E-state index contributed by atoms with van der Waals surface area (Å²) in [6, 6.07) is 21.8. The van der Waals surface area contributed by atoms with Crippen LogP contribution in [0.25, 0.3) is 0 Å². The van der Waals surface area contributed by atoms with Crippen molar-refractivity contribution in [1.82, 2.24) is 20.1 Å². The fraction of sp³-hybridized carbons (Fsp3) is 0.419. The smallest absolute Gasteiger partial charge is 0.264 e. The van der Waals surface area contributed by atoms with Crippen LogP contribution in [0.5, 0.6) is 5.75 Å². The summed E-state index contributed by atoms with van der Waals surface area (Å²) < 4.78 is 5.93. The van der Waals surface area contributed by atoms with Crippen LogP contribution in [0.3, 0.4) is 0 Å². The molecule has 0 saturated carbocycles. The Morgan fingerprint density at radius 3 is 2.68 bits per heavy atom. The van der Waals surface area contributed by atoms with Crippen LogP contribution in [-0.4, -0.2) is 65.8 Å². The SMILES string of the molecule is CN(C[C@H]1Cc2c(cccc2N2CCN(C(=S)Oc3ccccc3)CC2)CN1)[C@H]1CCCc2cccnc21. The molecule has 38 heavy (non-hydrogen) atoms. The molecule has 1 fully saturated rings. The third-order valence-electron chi connectivity index (χ3n) is 8.31. The summed E-state index contributed by atoms with van der Waals surface area (Å²) in [5.74, 6) is 0.799. The van der Waals surface area contributed by atoms with Gasteiger partial charge in [0, 0.05) is 57.2 Å². The minimum atomic E-state index is 0.411. The Kier molecular flexibility index (Phi) is 7.58. The Balaban J connectivity index is 1.09. The number of aromatic nitrogens is 1. The van der Waals surface area contributed by atoms with Crippen LogP contribution in [0.1, 0.15) is 41.3 Å². The first kappa shape index (κ1) is 25.3. The van der Waals surface area contributed by atoms with Gasteiger partial charge in [0.05, 0.1) is 11.7 Å². The second kappa shape index (κ2) is 11.4. The number of benzene rings is 2. The molecule has 0 amide bonds. The predicted octanol–water partition coefficient (Wildman–Crippen LogP) is 4.59. The van der Waals surface area contributed by atoms with Crippen molar-refractivity contribution in [3.63, 3.8) is 0 Å². The normalized spacial score (nSPS) is 21.1. The van der Waals surface area contributed by atoms with Crippen molar-refractivity contribution < 1.29 is 4.74 Å². The quantitative estimate of drug-likeness (QED) is 0.487. The number of likely N-dealkylation sites (N-methyl/N-ethyl adjacent to an activating group) is 1. The summed E-state index contributed by atoms with van der Waals surface area (Å²) in [6.45, 7) is 5.57. The van der Waals surface area contributed by atoms with Gasteiger partial charge in [-0.3, -0.25) is 9.88 Å². The molecule has 1 aromatic heterocycles. The lowest BCUT2D eigenvalue weighted by Crippen LogP contribution is -2.50. The van der Waals surface area contributed by atoms with E-state index in [9.17, 15) is 0 Å². The maximum absolute atomic E-state index is 5.93. The van der Waals surface area contributed by atoms with E-state index in [1.54, 1.807) is 0 Å². The zero-order chi connectivity index (χ0) is 25.9. The van der Waals surface area contributed by atoms with Gasteiger partial charge in [0.15, 0.2) is 0 Å². The highest BCUT2D eigenvalue weighted by Crippen LogP contribution is 2.33. The molecule has 2 aromatic carbocycles. The number of nitrogens with one attached hydrogen (secondary N) is 1. The van der Waals surface area contributed by atoms with E-state index in [1.165, 1.54) is 40.9 Å². The van der Waals surface area contributed by atoms with E-state index in [4.69, 9.17) is 21.9 Å². The molecular formula is C31H37N5OS. The number of pyridine rings is 1. The van der Waals surface area contributed by atoms with Crippen LogP contribution in [0, 0.1) is 0 Å². The lowest BCUT2D eigenvalue weighted by atomic mass is 9.89. The fourth-order valence-corrected chi connectivity index (χ4v) is 6.57. The van der Waals surface area contributed by atoms with Gasteiger partial charge in [-0.1, -0.05) is 36.4 Å². The lowest BCUT2D eigenvalue weighted by molar-refractivity contribution is 0.191. The van der Waals surface area contributed by atoms with Crippen LogP contribution in [0.15, 0.2) is 66.9 Å². The van der Waals surface area contributed by atoms with Crippen LogP contribution in [0.2, 0.25) is 0 Å². The third-order valence-corrected chi connectivity index (χ3v) is 8.65. The van der Waals surface area contributed by atoms with Crippen molar-refractivity contribution in [2.75, 3.05) is 44.7 Å². The molecular weight excluding hydrogens is 490 g/mol. The number of rotatable bonds is 5. The number of piperazine rings is 1. The largest absolute Gasteiger partial charge is 0.432 e. The Bertz CT molecular complexity index is 1260. The molecule has 6 rings (SSSR count). The Labute approximate surface area is 231 Å². The highest BCUT2D eigenvalue weighted by atomic mass is 32.1. The van der Waals surface area contributed by atoms with Crippen molar-refractivity contribution >= 4 is 23.1 Å². The summed E-state index contributed by atoms with van der Waals surface area (Å²) >= 11 is 5.61. The van der Waals surface area contributed by atoms with E-state index in [0.717, 1.165) is 57.9 Å². The number of nitrogens with zero attached hydrogens (tertiary/aromatic N) is 4. The third kappa shape index (κ3) is 5.41. The van der Waals surface area contributed by atoms with Crippen LogP contribution >= 0.6 is 12.2 Å². The predicted molar refractivity (Wildman–Crippen MR) is 157 cm³/mol. The second-order valence-corrected chi connectivity index (χ2v) is 11.1. The van der Waals surface area contributed by atoms with Crippen molar-refractivity contribution in [2.45, 2.75) is 44.3 Å². The van der Waals surface area contributed by atoms with E-state index < -0.39 is 0 Å². The highest BCUT2D eigenvalue weighted by molar-refractivity contribution is 7.80. The zero-order valence-electron chi connectivity index (χ0n) is 22.2. The molecule has 1 aliphatic carbocycles. The van der Waals surface area contributed by atoms with Crippen LogP contribution < -0.4 is 15.0 Å². The number of para-hydroxylation sites is 1. The maximum Gasteiger partial charge on any atom is 0.264 e. The highest BCUT2D eigenvalue weighted by Gasteiger charge is 2.30. The van der Waals surface area contributed by atoms with Crippen LogP contribution in [-0.2, 0) is 19.4 Å².